The van der Waals surface area contributed by atoms with Gasteiger partial charge in [-0.3, -0.25) is 0 Å². The van der Waals surface area contributed by atoms with Crippen molar-refractivity contribution in [1.29, 1.82) is 0 Å². The lowest BCUT2D eigenvalue weighted by Gasteiger charge is -2.69. The van der Waals surface area contributed by atoms with Crippen molar-refractivity contribution < 1.29 is 112 Å². The largest absolute Gasteiger partial charge is 0.456 e. The van der Waals surface area contributed by atoms with E-state index in [-0.39, 0.29) is 42.8 Å². The highest BCUT2D eigenvalue weighted by Gasteiger charge is 2.90. The predicted octanol–water partition coefficient (Wildman–Crippen LogP) is 1.71. The first-order valence-electron chi connectivity index (χ1n) is 28.9. The highest BCUT2D eigenvalue weighted by molar-refractivity contribution is 5.89. The molecule has 0 unspecified atom stereocenters. The number of carbonyl (C=O) groups is 1. The Morgan fingerprint density at radius 3 is 1.98 bits per heavy atom. The number of benzene rings is 1. The van der Waals surface area contributed by atoms with E-state index in [2.05, 4.69) is 6.92 Å². The van der Waals surface area contributed by atoms with Crippen molar-refractivity contribution in [2.24, 2.45) is 22.7 Å². The Balaban J connectivity index is 0.702. The Labute approximate surface area is 466 Å². The summed E-state index contributed by atoms with van der Waals surface area (Å²) < 4.78 is 95.0. The number of aliphatic hydroxyl groups is 7. The first-order chi connectivity index (χ1) is 38.0. The fraction of sp³-hybridized carbons (Fsp3) is 0.877. The quantitative estimate of drug-likeness (QED) is 0.0972. The van der Waals surface area contributed by atoms with Crippen molar-refractivity contribution in [3.63, 3.8) is 0 Å². The molecule has 6 saturated heterocycles. The minimum Gasteiger partial charge on any atom is -0.456 e. The zero-order valence-electron chi connectivity index (χ0n) is 47.3. The van der Waals surface area contributed by atoms with E-state index in [4.69, 9.17) is 71.1 Å². The van der Waals surface area contributed by atoms with Crippen molar-refractivity contribution >= 4 is 5.97 Å². The predicted molar refractivity (Wildman–Crippen MR) is 273 cm³/mol. The first-order valence-corrected chi connectivity index (χ1v) is 28.9. The molecule has 10 aliphatic rings. The summed E-state index contributed by atoms with van der Waals surface area (Å²) in [5, 5.41) is 78.1. The van der Waals surface area contributed by atoms with Crippen LogP contribution in [0, 0.1) is 22.7 Å². The number of fused-ring (bicyclic) bond motifs is 3. The summed E-state index contributed by atoms with van der Waals surface area (Å²) in [5.41, 5.74) is -4.91. The van der Waals surface area contributed by atoms with Crippen LogP contribution in [-0.4, -0.2) is 228 Å². The number of aliphatic hydroxyl groups excluding tert-OH is 6. The molecule has 2 spiro atoms. The number of hydrogen-bond acceptors (Lipinski definition) is 23. The highest BCUT2D eigenvalue weighted by Crippen LogP contribution is 2.79. The van der Waals surface area contributed by atoms with Gasteiger partial charge >= 0.3 is 5.97 Å². The summed E-state index contributed by atoms with van der Waals surface area (Å²) in [6.07, 6.45) is -14.6. The molecule has 11 rings (SSSR count). The Hall–Kier alpha value is -2.15. The van der Waals surface area contributed by atoms with Gasteiger partial charge in [-0.2, -0.15) is 0 Å². The van der Waals surface area contributed by atoms with Crippen LogP contribution in [0.5, 0.6) is 0 Å². The molecule has 2 bridgehead atoms. The van der Waals surface area contributed by atoms with Crippen molar-refractivity contribution in [1.82, 2.24) is 0 Å². The molecular formula is C57H86O23. The zero-order valence-corrected chi connectivity index (χ0v) is 47.3. The van der Waals surface area contributed by atoms with E-state index in [9.17, 15) is 40.5 Å². The average Bonchev–Trinajstić information content (AvgIpc) is 2.64. The number of hydrogen-bond donors (Lipinski definition) is 7. The molecule has 10 fully saturated rings. The Morgan fingerprint density at radius 1 is 0.675 bits per heavy atom. The van der Waals surface area contributed by atoms with E-state index in [0.29, 0.717) is 31.2 Å². The van der Waals surface area contributed by atoms with Gasteiger partial charge < -0.3 is 107 Å². The third-order valence-electron chi connectivity index (χ3n) is 21.0. The van der Waals surface area contributed by atoms with Crippen LogP contribution in [0.1, 0.15) is 116 Å². The van der Waals surface area contributed by atoms with Crippen LogP contribution in [-0.2, 0) is 71.1 Å². The van der Waals surface area contributed by atoms with E-state index in [1.165, 1.54) is 7.11 Å². The molecule has 0 aromatic heterocycles. The molecule has 6 heterocycles. The number of rotatable bonds is 15. The summed E-state index contributed by atoms with van der Waals surface area (Å²) in [5.74, 6) is -1.85. The summed E-state index contributed by atoms with van der Waals surface area (Å²) in [6.45, 7) is 10.6. The number of methoxy groups -OCH3 is 3. The van der Waals surface area contributed by atoms with Crippen molar-refractivity contribution in [3.8, 4) is 0 Å². The molecule has 1 aromatic rings. The lowest BCUT2D eigenvalue weighted by molar-refractivity contribution is -0.405. The van der Waals surface area contributed by atoms with Gasteiger partial charge in [0.25, 0.3) is 5.97 Å². The molecule has 23 heteroatoms. The third-order valence-corrected chi connectivity index (χ3v) is 21.0. The van der Waals surface area contributed by atoms with E-state index >= 15 is 0 Å². The molecule has 6 aliphatic heterocycles. The van der Waals surface area contributed by atoms with E-state index in [1.54, 1.807) is 59.3 Å². The monoisotopic (exact) mass is 1140 g/mol. The van der Waals surface area contributed by atoms with Crippen LogP contribution in [0.25, 0.3) is 0 Å². The standard InChI is InChI=1S/C57H86O23/c1-27-45(76-40-23-35(67-8)46(28(2)71-40)77-51-44(63)48(68-9)47(29(3)72-51)78-50-43(62)42(61)41(60)36(25-58)75-50)34(66-7)22-39(70-27)74-33-16-17-52(5)32(21-33)15-18-56-37(52)24-38(59)54-26-69-53(6,79-56)80-57(54,56)20-19-55(54,65)30(4)73-49(64)31-13-11-10-12-14-31/h10-14,27-30,32-48,50-51,58-63,65H,15-26H2,1-9H3/t27-,28-,29-,30+,32+,33+,34+,35-,36-,37-,38-,39+,40+,41-,42+,43-,44-,45-,46-,47-,48-,50+,51+,52+,53+,54-,55-,56+,57-/m1/s1. The minimum atomic E-state index is -1.68. The van der Waals surface area contributed by atoms with Gasteiger partial charge in [0.05, 0.1) is 66.9 Å². The van der Waals surface area contributed by atoms with Gasteiger partial charge in [-0.15, -0.1) is 0 Å². The number of ether oxygens (including phenoxy) is 15. The molecule has 23 nitrogen and oxygen atoms in total. The molecule has 4 aliphatic carbocycles. The van der Waals surface area contributed by atoms with Gasteiger partial charge in [0.15, 0.2) is 25.2 Å². The first kappa shape index (κ1) is 59.6. The van der Waals surface area contributed by atoms with Crippen LogP contribution in [0.15, 0.2) is 30.3 Å². The lowest BCUT2D eigenvalue weighted by atomic mass is 9.40. The average molecular weight is 1140 g/mol. The minimum absolute atomic E-state index is 0.0113. The molecule has 1 aromatic carbocycles. The Morgan fingerprint density at radius 2 is 1.31 bits per heavy atom. The van der Waals surface area contributed by atoms with Gasteiger partial charge in [-0.25, -0.2) is 4.79 Å². The summed E-state index contributed by atoms with van der Waals surface area (Å²) in [4.78, 5) is 13.4. The highest BCUT2D eigenvalue weighted by atomic mass is 16.9. The fourth-order valence-corrected chi connectivity index (χ4v) is 16.9. The van der Waals surface area contributed by atoms with E-state index in [1.807, 2.05) is 19.9 Å². The molecule has 7 N–H and O–H groups in total. The van der Waals surface area contributed by atoms with Gasteiger partial charge in [0.1, 0.15) is 77.8 Å². The summed E-state index contributed by atoms with van der Waals surface area (Å²) >= 11 is 0. The van der Waals surface area contributed by atoms with E-state index in [0.717, 1.165) is 25.7 Å². The van der Waals surface area contributed by atoms with Crippen molar-refractivity contribution in [2.75, 3.05) is 34.5 Å². The van der Waals surface area contributed by atoms with Crippen LogP contribution in [0.3, 0.4) is 0 Å². The SMILES string of the molecule is CO[C@@H]1[C@@H](O)[C@H](O[C@@H]2[C@@H](C)O[C@@H](O[C@H]3[C@@H](OC)C[C@H](O[C@H]4CC[C@@]5(C)[C@@H](CC[C@]67O[C@]8(C)OC[C@]9([C@H](O)C[C@H]56)[C@@]7(CC[C@@]9(O)[C@H](C)OC(=O)c5ccccc5)O8)C4)O[C@@H]3C)C[C@H]2OC)O[C@H](C)[C@H]1O[C@@H]1O[C@H](CO)[C@@H](O)[C@H](O)[C@H]1O. The Bertz CT molecular complexity index is 2320. The summed E-state index contributed by atoms with van der Waals surface area (Å²) in [7, 11) is 4.56. The molecule has 452 valence electrons. The topological polar surface area (TPSA) is 297 Å². The van der Waals surface area contributed by atoms with Gasteiger partial charge in [-0.05, 0) is 108 Å². The van der Waals surface area contributed by atoms with Crippen molar-refractivity contribution in [2.45, 2.75) is 257 Å². The van der Waals surface area contributed by atoms with Gasteiger partial charge in [0.2, 0.25) is 0 Å². The van der Waals surface area contributed by atoms with Gasteiger partial charge in [-0.1, -0.05) is 25.1 Å². The van der Waals surface area contributed by atoms with Crippen LogP contribution < -0.4 is 0 Å². The molecule has 29 atom stereocenters. The van der Waals surface area contributed by atoms with Gasteiger partial charge in [0, 0.05) is 41.1 Å². The van der Waals surface area contributed by atoms with Crippen LogP contribution in [0.2, 0.25) is 0 Å². The normalized spacial score (nSPS) is 53.0. The maximum atomic E-state index is 13.4. The second-order valence-corrected chi connectivity index (χ2v) is 24.9. The van der Waals surface area contributed by atoms with E-state index < -0.39 is 164 Å². The molecule has 0 radical (unpaired) electrons. The van der Waals surface area contributed by atoms with Crippen molar-refractivity contribution in [3.05, 3.63) is 35.9 Å². The number of carbonyl (C=O) groups excluding carboxylic acids is 1. The maximum Gasteiger partial charge on any atom is 0.338 e. The zero-order chi connectivity index (χ0) is 57.1. The second-order valence-electron chi connectivity index (χ2n) is 24.9. The summed E-state index contributed by atoms with van der Waals surface area (Å²) in [6, 6.07) is 8.69. The second kappa shape index (κ2) is 22.3. The van der Waals surface area contributed by atoms with Crippen LogP contribution >= 0.6 is 0 Å². The molecule has 0 amide bonds. The van der Waals surface area contributed by atoms with Crippen LogP contribution in [0.4, 0.5) is 0 Å². The smallest absolute Gasteiger partial charge is 0.338 e. The molecule has 4 saturated carbocycles. The third kappa shape index (κ3) is 9.38. The molecular weight excluding hydrogens is 1050 g/mol. The maximum absolute atomic E-state index is 13.4. The lowest BCUT2D eigenvalue weighted by Crippen LogP contribution is -2.80. The molecule has 80 heavy (non-hydrogen) atoms. The number of esters is 1. The Kier molecular flexibility index (Phi) is 16.6. The fourth-order valence-electron chi connectivity index (χ4n) is 16.9.